The van der Waals surface area contributed by atoms with Crippen LogP contribution < -0.4 is 4.90 Å². The van der Waals surface area contributed by atoms with E-state index in [2.05, 4.69) is 9.88 Å². The van der Waals surface area contributed by atoms with Gasteiger partial charge >= 0.3 is 5.97 Å². The molecule has 2 rings (SSSR count). The molecule has 0 bridgehead atoms. The number of rotatable bonds is 5. The number of aromatic nitrogens is 1. The van der Waals surface area contributed by atoms with E-state index in [-0.39, 0.29) is 17.8 Å². The van der Waals surface area contributed by atoms with Crippen molar-refractivity contribution in [3.63, 3.8) is 0 Å². The van der Waals surface area contributed by atoms with Crippen LogP contribution in [-0.2, 0) is 9.53 Å². The van der Waals surface area contributed by atoms with Gasteiger partial charge in [-0.1, -0.05) is 13.8 Å². The minimum Gasteiger partial charge on any atom is -0.462 e. The minimum absolute atomic E-state index is 0.0866. The Labute approximate surface area is 137 Å². The number of hydrogen-bond donors (Lipinski definition) is 0. The largest absolute Gasteiger partial charge is 0.462 e. The molecule has 23 heavy (non-hydrogen) atoms. The molecule has 0 saturated carbocycles. The summed E-state index contributed by atoms with van der Waals surface area (Å²) in [5.74, 6) is 0.797. The zero-order chi connectivity index (χ0) is 16.8. The third-order valence-corrected chi connectivity index (χ3v) is 4.21. The van der Waals surface area contributed by atoms with Gasteiger partial charge in [0.2, 0.25) is 5.91 Å². The van der Waals surface area contributed by atoms with Gasteiger partial charge in [0.25, 0.3) is 0 Å². The Kier molecular flexibility index (Phi) is 5.96. The van der Waals surface area contributed by atoms with Crippen LogP contribution >= 0.6 is 0 Å². The highest BCUT2D eigenvalue weighted by Gasteiger charge is 2.24. The Morgan fingerprint density at radius 1 is 1.22 bits per heavy atom. The van der Waals surface area contributed by atoms with E-state index in [0.29, 0.717) is 25.3 Å². The molecule has 1 aliphatic rings. The molecule has 6 heteroatoms. The van der Waals surface area contributed by atoms with Crippen LogP contribution in [0.4, 0.5) is 5.82 Å². The highest BCUT2D eigenvalue weighted by atomic mass is 16.5. The first-order chi connectivity index (χ1) is 11.1. The second-order valence-electron chi connectivity index (χ2n) is 5.75. The number of anilines is 1. The Bertz CT molecular complexity index is 537. The number of hydrogen-bond acceptors (Lipinski definition) is 5. The molecule has 1 aromatic rings. The van der Waals surface area contributed by atoms with E-state index in [0.717, 1.165) is 25.3 Å². The number of piperazine rings is 1. The normalized spacial score (nSPS) is 16.1. The van der Waals surface area contributed by atoms with Gasteiger partial charge in [-0.25, -0.2) is 9.78 Å². The quantitative estimate of drug-likeness (QED) is 0.776. The molecule has 1 unspecified atom stereocenters. The number of carbonyl (C=O) groups excluding carboxylic acids is 2. The molecule has 1 fully saturated rings. The lowest BCUT2D eigenvalue weighted by atomic mass is 10.1. The summed E-state index contributed by atoms with van der Waals surface area (Å²) < 4.78 is 4.95. The molecule has 1 atom stereocenters. The van der Waals surface area contributed by atoms with Crippen molar-refractivity contribution in [2.75, 3.05) is 37.7 Å². The first kappa shape index (κ1) is 17.2. The van der Waals surface area contributed by atoms with Crippen LogP contribution in [0.2, 0.25) is 0 Å². The van der Waals surface area contributed by atoms with Crippen LogP contribution in [0, 0.1) is 5.92 Å². The summed E-state index contributed by atoms with van der Waals surface area (Å²) in [7, 11) is 0. The molecule has 0 aromatic carbocycles. The lowest BCUT2D eigenvalue weighted by Gasteiger charge is -2.36. The van der Waals surface area contributed by atoms with Gasteiger partial charge in [-0.3, -0.25) is 4.79 Å². The Hall–Kier alpha value is -2.11. The van der Waals surface area contributed by atoms with Crippen molar-refractivity contribution < 1.29 is 14.3 Å². The average molecular weight is 319 g/mol. The topological polar surface area (TPSA) is 62.7 Å². The van der Waals surface area contributed by atoms with Gasteiger partial charge in [0.05, 0.1) is 12.2 Å². The summed E-state index contributed by atoms with van der Waals surface area (Å²) in [5.41, 5.74) is 0.459. The van der Waals surface area contributed by atoms with Gasteiger partial charge in [-0.15, -0.1) is 0 Å². The summed E-state index contributed by atoms with van der Waals surface area (Å²) >= 11 is 0. The second kappa shape index (κ2) is 7.94. The van der Waals surface area contributed by atoms with Crippen LogP contribution in [0.5, 0.6) is 0 Å². The molecule has 0 N–H and O–H groups in total. The SMILES string of the molecule is CCOC(=O)c1ccc(N2CCN(C(=O)C(C)CC)CC2)nc1. The van der Waals surface area contributed by atoms with Gasteiger partial charge in [-0.05, 0) is 25.5 Å². The molecule has 1 saturated heterocycles. The second-order valence-corrected chi connectivity index (χ2v) is 5.75. The zero-order valence-electron chi connectivity index (χ0n) is 14.1. The van der Waals surface area contributed by atoms with Crippen LogP contribution in [0.3, 0.4) is 0 Å². The summed E-state index contributed by atoms with van der Waals surface area (Å²) in [4.78, 5) is 32.2. The summed E-state index contributed by atoms with van der Waals surface area (Å²) in [6.45, 7) is 9.08. The van der Waals surface area contributed by atoms with E-state index in [1.807, 2.05) is 24.8 Å². The molecular weight excluding hydrogens is 294 g/mol. The predicted molar refractivity (Wildman–Crippen MR) is 88.4 cm³/mol. The summed E-state index contributed by atoms with van der Waals surface area (Å²) in [5, 5.41) is 0. The van der Waals surface area contributed by atoms with Crippen molar-refractivity contribution in [3.05, 3.63) is 23.9 Å². The van der Waals surface area contributed by atoms with Crippen LogP contribution in [0.1, 0.15) is 37.6 Å². The van der Waals surface area contributed by atoms with Crippen molar-refractivity contribution in [1.29, 1.82) is 0 Å². The number of esters is 1. The van der Waals surface area contributed by atoms with Gasteiger partial charge in [0.15, 0.2) is 0 Å². The van der Waals surface area contributed by atoms with E-state index < -0.39 is 0 Å². The lowest BCUT2D eigenvalue weighted by molar-refractivity contribution is -0.135. The fourth-order valence-electron chi connectivity index (χ4n) is 2.55. The first-order valence-electron chi connectivity index (χ1n) is 8.23. The molecule has 0 spiro atoms. The van der Waals surface area contributed by atoms with Gasteiger partial charge in [-0.2, -0.15) is 0 Å². The number of pyridine rings is 1. The van der Waals surface area contributed by atoms with Gasteiger partial charge < -0.3 is 14.5 Å². The molecule has 0 aliphatic carbocycles. The zero-order valence-corrected chi connectivity index (χ0v) is 14.1. The van der Waals surface area contributed by atoms with E-state index >= 15 is 0 Å². The third-order valence-electron chi connectivity index (χ3n) is 4.21. The Morgan fingerprint density at radius 3 is 2.43 bits per heavy atom. The van der Waals surface area contributed by atoms with Crippen molar-refractivity contribution in [2.24, 2.45) is 5.92 Å². The van der Waals surface area contributed by atoms with Crippen molar-refractivity contribution >= 4 is 17.7 Å². The van der Waals surface area contributed by atoms with Crippen LogP contribution in [0.15, 0.2) is 18.3 Å². The monoisotopic (exact) mass is 319 g/mol. The van der Waals surface area contributed by atoms with Crippen molar-refractivity contribution in [2.45, 2.75) is 27.2 Å². The maximum absolute atomic E-state index is 12.2. The summed E-state index contributed by atoms with van der Waals surface area (Å²) in [6.07, 6.45) is 2.42. The van der Waals surface area contributed by atoms with E-state index in [4.69, 9.17) is 4.74 Å². The molecule has 6 nitrogen and oxygen atoms in total. The molecule has 1 amide bonds. The number of amides is 1. The van der Waals surface area contributed by atoms with E-state index in [1.165, 1.54) is 0 Å². The number of carbonyl (C=O) groups is 2. The fraction of sp³-hybridized carbons (Fsp3) is 0.588. The van der Waals surface area contributed by atoms with Gasteiger partial charge in [0.1, 0.15) is 5.82 Å². The average Bonchev–Trinajstić information content (AvgIpc) is 2.61. The molecule has 2 heterocycles. The standard InChI is InChI=1S/C17H25N3O3/c1-4-13(3)16(21)20-10-8-19(9-11-20)15-7-6-14(12-18-15)17(22)23-5-2/h6-7,12-13H,4-5,8-11H2,1-3H3. The van der Waals surface area contributed by atoms with Gasteiger partial charge in [0, 0.05) is 38.3 Å². The highest BCUT2D eigenvalue weighted by Crippen LogP contribution is 2.16. The number of nitrogens with zero attached hydrogens (tertiary/aromatic N) is 3. The minimum atomic E-state index is -0.351. The first-order valence-corrected chi connectivity index (χ1v) is 8.23. The maximum atomic E-state index is 12.2. The molecule has 1 aliphatic heterocycles. The van der Waals surface area contributed by atoms with Crippen molar-refractivity contribution in [1.82, 2.24) is 9.88 Å². The third kappa shape index (κ3) is 4.21. The predicted octanol–water partition coefficient (Wildman–Crippen LogP) is 1.95. The molecule has 1 aromatic heterocycles. The lowest BCUT2D eigenvalue weighted by Crippen LogP contribution is -2.50. The molecular formula is C17H25N3O3. The van der Waals surface area contributed by atoms with Crippen LogP contribution in [0.25, 0.3) is 0 Å². The Balaban J connectivity index is 1.92. The number of ether oxygens (including phenoxy) is 1. The summed E-state index contributed by atoms with van der Waals surface area (Å²) in [6, 6.07) is 3.56. The van der Waals surface area contributed by atoms with E-state index in [9.17, 15) is 9.59 Å². The van der Waals surface area contributed by atoms with Crippen LogP contribution in [-0.4, -0.2) is 54.5 Å². The van der Waals surface area contributed by atoms with E-state index in [1.54, 1.807) is 19.2 Å². The fourth-order valence-corrected chi connectivity index (χ4v) is 2.55. The maximum Gasteiger partial charge on any atom is 0.339 e. The molecule has 126 valence electrons. The Morgan fingerprint density at radius 2 is 1.91 bits per heavy atom. The smallest absolute Gasteiger partial charge is 0.339 e. The van der Waals surface area contributed by atoms with Crippen molar-refractivity contribution in [3.8, 4) is 0 Å². The highest BCUT2D eigenvalue weighted by molar-refractivity contribution is 5.89. The molecule has 0 radical (unpaired) electrons.